The van der Waals surface area contributed by atoms with Gasteiger partial charge in [0.15, 0.2) is 0 Å². The summed E-state index contributed by atoms with van der Waals surface area (Å²) in [4.78, 5) is 17.0. The van der Waals surface area contributed by atoms with Gasteiger partial charge in [0.1, 0.15) is 5.01 Å². The number of aromatic nitrogens is 1. The zero-order valence-corrected chi connectivity index (χ0v) is 16.2. The van der Waals surface area contributed by atoms with Crippen LogP contribution in [0.15, 0.2) is 90.3 Å². The minimum Gasteiger partial charge on any atom is -0.352 e. The van der Waals surface area contributed by atoms with E-state index in [1.54, 1.807) is 11.3 Å². The largest absolute Gasteiger partial charge is 0.352 e. The van der Waals surface area contributed by atoms with Crippen LogP contribution in [-0.2, 0) is 17.8 Å². The number of nitrogens with zero attached hydrogens (tertiary/aromatic N) is 1. The second kappa shape index (κ2) is 8.63. The Balaban J connectivity index is 1.42. The topological polar surface area (TPSA) is 42.0 Å². The van der Waals surface area contributed by atoms with Crippen LogP contribution in [0.25, 0.3) is 21.8 Å². The monoisotopic (exact) mass is 384 g/mol. The lowest BCUT2D eigenvalue weighted by Crippen LogP contribution is -2.24. The van der Waals surface area contributed by atoms with Gasteiger partial charge in [0.2, 0.25) is 5.91 Å². The first-order valence-electron chi connectivity index (χ1n) is 9.19. The van der Waals surface area contributed by atoms with E-state index in [1.165, 1.54) is 0 Å². The zero-order valence-electron chi connectivity index (χ0n) is 15.3. The van der Waals surface area contributed by atoms with E-state index in [0.29, 0.717) is 13.0 Å². The quantitative estimate of drug-likeness (QED) is 0.488. The average Bonchev–Trinajstić information content (AvgIpc) is 3.24. The van der Waals surface area contributed by atoms with Crippen LogP contribution >= 0.6 is 11.3 Å². The van der Waals surface area contributed by atoms with Crippen LogP contribution in [0.5, 0.6) is 0 Å². The number of thiazole rings is 1. The molecule has 4 aromatic rings. The molecule has 138 valence electrons. The molecule has 1 N–H and O–H groups in total. The normalized spacial score (nSPS) is 10.6. The summed E-state index contributed by atoms with van der Waals surface area (Å²) >= 11 is 1.63. The van der Waals surface area contributed by atoms with E-state index in [9.17, 15) is 4.79 Å². The van der Waals surface area contributed by atoms with Crippen molar-refractivity contribution in [2.24, 2.45) is 0 Å². The molecule has 0 aliphatic carbocycles. The van der Waals surface area contributed by atoms with Crippen molar-refractivity contribution in [1.29, 1.82) is 0 Å². The fourth-order valence-corrected chi connectivity index (χ4v) is 3.83. The molecule has 28 heavy (non-hydrogen) atoms. The predicted octanol–water partition coefficient (Wildman–Crippen LogP) is 5.34. The van der Waals surface area contributed by atoms with Gasteiger partial charge in [0.25, 0.3) is 0 Å². The number of amides is 1. The molecule has 4 rings (SSSR count). The molecule has 1 aromatic heterocycles. The molecule has 0 radical (unpaired) electrons. The Kier molecular flexibility index (Phi) is 5.59. The van der Waals surface area contributed by atoms with Gasteiger partial charge in [0.05, 0.1) is 12.1 Å². The maximum atomic E-state index is 12.2. The van der Waals surface area contributed by atoms with Crippen LogP contribution in [-0.4, -0.2) is 10.9 Å². The number of benzene rings is 3. The van der Waals surface area contributed by atoms with E-state index in [0.717, 1.165) is 33.0 Å². The summed E-state index contributed by atoms with van der Waals surface area (Å²) in [5.41, 5.74) is 5.26. The standard InChI is InChI=1S/C24H20N2OS/c27-23(15-18-8-3-1-4-9-18)25-16-19-10-7-13-21(14-19)24-26-22(17-28-24)20-11-5-2-6-12-20/h1-14,17H,15-16H2,(H,25,27). The van der Waals surface area contributed by atoms with Gasteiger partial charge < -0.3 is 5.32 Å². The van der Waals surface area contributed by atoms with Crippen molar-refractivity contribution < 1.29 is 4.79 Å². The highest BCUT2D eigenvalue weighted by Crippen LogP contribution is 2.29. The first-order valence-corrected chi connectivity index (χ1v) is 10.1. The Morgan fingerprint density at radius 3 is 2.29 bits per heavy atom. The predicted molar refractivity (Wildman–Crippen MR) is 115 cm³/mol. The first-order chi connectivity index (χ1) is 13.8. The lowest BCUT2D eigenvalue weighted by atomic mass is 10.1. The van der Waals surface area contributed by atoms with Crippen molar-refractivity contribution in [3.05, 3.63) is 101 Å². The van der Waals surface area contributed by atoms with E-state index in [4.69, 9.17) is 4.98 Å². The van der Waals surface area contributed by atoms with Crippen molar-refractivity contribution in [2.75, 3.05) is 0 Å². The molecule has 0 fully saturated rings. The number of rotatable bonds is 6. The second-order valence-electron chi connectivity index (χ2n) is 6.54. The van der Waals surface area contributed by atoms with Crippen LogP contribution in [0.3, 0.4) is 0 Å². The van der Waals surface area contributed by atoms with Crippen LogP contribution in [0.1, 0.15) is 11.1 Å². The van der Waals surface area contributed by atoms with Crippen molar-refractivity contribution in [3.8, 4) is 21.8 Å². The van der Waals surface area contributed by atoms with Gasteiger partial charge >= 0.3 is 0 Å². The molecule has 1 heterocycles. The third kappa shape index (κ3) is 4.53. The van der Waals surface area contributed by atoms with Gasteiger partial charge in [-0.15, -0.1) is 11.3 Å². The molecular weight excluding hydrogens is 364 g/mol. The lowest BCUT2D eigenvalue weighted by molar-refractivity contribution is -0.120. The minimum absolute atomic E-state index is 0.0252. The summed E-state index contributed by atoms with van der Waals surface area (Å²) in [6, 6.07) is 28.2. The van der Waals surface area contributed by atoms with Gasteiger partial charge in [-0.1, -0.05) is 78.9 Å². The summed E-state index contributed by atoms with van der Waals surface area (Å²) in [5.74, 6) is 0.0252. The van der Waals surface area contributed by atoms with Gasteiger partial charge in [-0.25, -0.2) is 4.98 Å². The van der Waals surface area contributed by atoms with Gasteiger partial charge in [-0.3, -0.25) is 4.79 Å². The highest BCUT2D eigenvalue weighted by molar-refractivity contribution is 7.13. The van der Waals surface area contributed by atoms with Crippen LogP contribution in [0, 0.1) is 0 Å². The molecule has 1 amide bonds. The Hall–Kier alpha value is -3.24. The fourth-order valence-electron chi connectivity index (χ4n) is 3.01. The summed E-state index contributed by atoms with van der Waals surface area (Å²) in [6.45, 7) is 0.510. The van der Waals surface area contributed by atoms with Crippen molar-refractivity contribution in [3.63, 3.8) is 0 Å². The molecule has 4 heteroatoms. The van der Waals surface area contributed by atoms with Crippen molar-refractivity contribution in [2.45, 2.75) is 13.0 Å². The maximum absolute atomic E-state index is 12.2. The molecule has 0 saturated carbocycles. The van der Waals surface area contributed by atoms with Gasteiger partial charge in [0, 0.05) is 23.1 Å². The fraction of sp³-hybridized carbons (Fsp3) is 0.0833. The number of hydrogen-bond donors (Lipinski definition) is 1. The van der Waals surface area contributed by atoms with E-state index >= 15 is 0 Å². The van der Waals surface area contributed by atoms with Crippen LogP contribution < -0.4 is 5.32 Å². The molecular formula is C24H20N2OS. The van der Waals surface area contributed by atoms with E-state index in [2.05, 4.69) is 35.0 Å². The van der Waals surface area contributed by atoms with Crippen LogP contribution in [0.2, 0.25) is 0 Å². The van der Waals surface area contributed by atoms with E-state index in [-0.39, 0.29) is 5.91 Å². The molecule has 0 spiro atoms. The number of nitrogens with one attached hydrogen (secondary N) is 1. The SMILES string of the molecule is O=C(Cc1ccccc1)NCc1cccc(-c2nc(-c3ccccc3)cs2)c1. The molecule has 0 aliphatic heterocycles. The average molecular weight is 385 g/mol. The van der Waals surface area contributed by atoms with Crippen molar-refractivity contribution in [1.82, 2.24) is 10.3 Å². The summed E-state index contributed by atoms with van der Waals surface area (Å²) < 4.78 is 0. The molecule has 0 aliphatic rings. The van der Waals surface area contributed by atoms with Gasteiger partial charge in [-0.2, -0.15) is 0 Å². The molecule has 0 bridgehead atoms. The lowest BCUT2D eigenvalue weighted by Gasteiger charge is -2.07. The number of carbonyl (C=O) groups is 1. The zero-order chi connectivity index (χ0) is 19.2. The Bertz CT molecular complexity index is 1060. The molecule has 0 unspecified atom stereocenters. The Morgan fingerprint density at radius 1 is 0.821 bits per heavy atom. The molecule has 3 aromatic carbocycles. The molecule has 0 atom stereocenters. The van der Waals surface area contributed by atoms with E-state index < -0.39 is 0 Å². The summed E-state index contributed by atoms with van der Waals surface area (Å²) in [6.07, 6.45) is 0.396. The van der Waals surface area contributed by atoms with Gasteiger partial charge in [-0.05, 0) is 17.2 Å². The third-order valence-corrected chi connectivity index (χ3v) is 5.34. The number of carbonyl (C=O) groups excluding carboxylic acids is 1. The Morgan fingerprint density at radius 2 is 1.50 bits per heavy atom. The minimum atomic E-state index is 0.0252. The third-order valence-electron chi connectivity index (χ3n) is 4.44. The molecule has 0 saturated heterocycles. The van der Waals surface area contributed by atoms with Crippen LogP contribution in [0.4, 0.5) is 0 Å². The maximum Gasteiger partial charge on any atom is 0.224 e. The summed E-state index contributed by atoms with van der Waals surface area (Å²) in [7, 11) is 0. The second-order valence-corrected chi connectivity index (χ2v) is 7.40. The molecule has 3 nitrogen and oxygen atoms in total. The Labute approximate surface area is 168 Å². The van der Waals surface area contributed by atoms with Crippen molar-refractivity contribution >= 4 is 17.2 Å². The first kappa shape index (κ1) is 18.1. The smallest absolute Gasteiger partial charge is 0.224 e. The number of hydrogen-bond acceptors (Lipinski definition) is 3. The summed E-state index contributed by atoms with van der Waals surface area (Å²) in [5, 5.41) is 6.07. The highest BCUT2D eigenvalue weighted by Gasteiger charge is 2.08. The highest BCUT2D eigenvalue weighted by atomic mass is 32.1. The van der Waals surface area contributed by atoms with E-state index in [1.807, 2.05) is 60.7 Å².